The van der Waals surface area contributed by atoms with Crippen LogP contribution in [-0.2, 0) is 9.84 Å². The summed E-state index contributed by atoms with van der Waals surface area (Å²) in [7, 11) is -3.36. The molecule has 1 saturated heterocycles. The average molecular weight is 401 g/mol. The molecule has 0 radical (unpaired) electrons. The van der Waals surface area contributed by atoms with E-state index in [1.54, 1.807) is 17.9 Å². The molecule has 6 nitrogen and oxygen atoms in total. The average Bonchev–Trinajstić information content (AvgIpc) is 2.67. The largest absolute Gasteiger partial charge is 0.368 e. The number of hydrogen-bond donors (Lipinski definition) is 0. The predicted octanol–water partition coefficient (Wildman–Crippen LogP) is 2.56. The Balaban J connectivity index is 1.71. The van der Waals surface area contributed by atoms with E-state index in [-0.39, 0.29) is 16.6 Å². The van der Waals surface area contributed by atoms with Crippen molar-refractivity contribution in [2.24, 2.45) is 0 Å². The van der Waals surface area contributed by atoms with E-state index in [0.29, 0.717) is 37.3 Å². The van der Waals surface area contributed by atoms with Gasteiger partial charge in [0.05, 0.1) is 4.90 Å². The lowest BCUT2D eigenvalue weighted by Crippen LogP contribution is -2.49. The highest BCUT2D eigenvalue weighted by molar-refractivity contribution is 7.90. The van der Waals surface area contributed by atoms with Crippen molar-refractivity contribution in [3.05, 3.63) is 59.2 Å². The zero-order chi connectivity index (χ0) is 20.5. The number of Topliss-reactive ketones (excluding diaryl/α,β-unsaturated/α-hetero) is 1. The summed E-state index contributed by atoms with van der Waals surface area (Å²) < 4.78 is 23.6. The Bertz CT molecular complexity index is 1010. The van der Waals surface area contributed by atoms with E-state index in [2.05, 4.69) is 4.90 Å². The van der Waals surface area contributed by atoms with Gasteiger partial charge in [0.2, 0.25) is 0 Å². The Kier molecular flexibility index (Phi) is 5.56. The van der Waals surface area contributed by atoms with Crippen molar-refractivity contribution in [1.82, 2.24) is 4.90 Å². The summed E-state index contributed by atoms with van der Waals surface area (Å²) in [4.78, 5) is 28.4. The van der Waals surface area contributed by atoms with Gasteiger partial charge in [-0.1, -0.05) is 6.07 Å². The van der Waals surface area contributed by atoms with Crippen LogP contribution in [-0.4, -0.2) is 57.4 Å². The van der Waals surface area contributed by atoms with Gasteiger partial charge in [0.1, 0.15) is 0 Å². The van der Waals surface area contributed by atoms with E-state index in [1.807, 2.05) is 31.2 Å². The van der Waals surface area contributed by atoms with E-state index in [9.17, 15) is 18.0 Å². The SMILES string of the molecule is CC(=O)c1ccc(N2CCN(C(=O)c3cc(S(C)(=O)=O)ccc3C)CC2)cc1. The Hall–Kier alpha value is -2.67. The van der Waals surface area contributed by atoms with Gasteiger partial charge >= 0.3 is 0 Å². The molecule has 0 aliphatic carbocycles. The first-order valence-electron chi connectivity index (χ1n) is 9.13. The zero-order valence-corrected chi connectivity index (χ0v) is 17.1. The summed E-state index contributed by atoms with van der Waals surface area (Å²) in [5, 5.41) is 0. The van der Waals surface area contributed by atoms with Crippen molar-refractivity contribution in [3.63, 3.8) is 0 Å². The fourth-order valence-corrected chi connectivity index (χ4v) is 3.95. The smallest absolute Gasteiger partial charge is 0.254 e. The molecule has 3 rings (SSSR count). The number of carbonyl (C=O) groups is 2. The van der Waals surface area contributed by atoms with E-state index < -0.39 is 9.84 Å². The third-order valence-electron chi connectivity index (χ3n) is 5.07. The molecular formula is C21H24N2O4S. The minimum atomic E-state index is -3.36. The molecule has 1 fully saturated rings. The maximum absolute atomic E-state index is 12.9. The lowest BCUT2D eigenvalue weighted by Gasteiger charge is -2.36. The second kappa shape index (κ2) is 7.75. The second-order valence-electron chi connectivity index (χ2n) is 7.13. The molecule has 2 aromatic rings. The monoisotopic (exact) mass is 400 g/mol. The number of nitrogens with zero attached hydrogens (tertiary/aromatic N) is 2. The van der Waals surface area contributed by atoms with Crippen molar-refractivity contribution in [1.29, 1.82) is 0 Å². The van der Waals surface area contributed by atoms with Gasteiger partial charge in [0.25, 0.3) is 5.91 Å². The van der Waals surface area contributed by atoms with Crippen LogP contribution in [0.3, 0.4) is 0 Å². The Morgan fingerprint density at radius 3 is 2.07 bits per heavy atom. The molecule has 0 aromatic heterocycles. The first-order valence-corrected chi connectivity index (χ1v) is 11.0. The second-order valence-corrected chi connectivity index (χ2v) is 9.15. The molecule has 0 atom stereocenters. The third-order valence-corrected chi connectivity index (χ3v) is 6.18. The van der Waals surface area contributed by atoms with Gasteiger partial charge in [-0.05, 0) is 55.8 Å². The zero-order valence-electron chi connectivity index (χ0n) is 16.3. The minimum Gasteiger partial charge on any atom is -0.368 e. The highest BCUT2D eigenvalue weighted by Gasteiger charge is 2.24. The molecule has 1 aliphatic rings. The summed E-state index contributed by atoms with van der Waals surface area (Å²) in [6.45, 7) is 5.81. The number of piperazine rings is 1. The molecule has 2 aromatic carbocycles. The van der Waals surface area contributed by atoms with Crippen LogP contribution in [0.1, 0.15) is 33.2 Å². The van der Waals surface area contributed by atoms with Crippen molar-refractivity contribution in [3.8, 4) is 0 Å². The van der Waals surface area contributed by atoms with Crippen LogP contribution in [0, 0.1) is 6.92 Å². The maximum Gasteiger partial charge on any atom is 0.254 e. The Morgan fingerprint density at radius 1 is 0.929 bits per heavy atom. The number of amides is 1. The predicted molar refractivity (Wildman–Crippen MR) is 109 cm³/mol. The lowest BCUT2D eigenvalue weighted by atomic mass is 10.1. The third kappa shape index (κ3) is 4.25. The quantitative estimate of drug-likeness (QED) is 0.738. The van der Waals surface area contributed by atoms with Gasteiger partial charge in [-0.2, -0.15) is 0 Å². The number of carbonyl (C=O) groups excluding carboxylic acids is 2. The summed E-state index contributed by atoms with van der Waals surface area (Å²) in [6, 6.07) is 12.2. The molecule has 1 heterocycles. The van der Waals surface area contributed by atoms with Gasteiger partial charge in [-0.15, -0.1) is 0 Å². The van der Waals surface area contributed by atoms with Crippen molar-refractivity contribution in [2.75, 3.05) is 37.3 Å². The van der Waals surface area contributed by atoms with Gasteiger partial charge in [0, 0.05) is 49.2 Å². The molecule has 0 bridgehead atoms. The van der Waals surface area contributed by atoms with Crippen molar-refractivity contribution in [2.45, 2.75) is 18.7 Å². The highest BCUT2D eigenvalue weighted by atomic mass is 32.2. The van der Waals surface area contributed by atoms with Crippen LogP contribution in [0.5, 0.6) is 0 Å². The minimum absolute atomic E-state index is 0.0358. The molecular weight excluding hydrogens is 376 g/mol. The summed E-state index contributed by atoms with van der Waals surface area (Å²) >= 11 is 0. The summed E-state index contributed by atoms with van der Waals surface area (Å²) in [5.74, 6) is -0.108. The molecule has 1 amide bonds. The van der Waals surface area contributed by atoms with Gasteiger partial charge in [-0.3, -0.25) is 9.59 Å². The van der Waals surface area contributed by atoms with Crippen LogP contribution >= 0.6 is 0 Å². The van der Waals surface area contributed by atoms with Crippen molar-refractivity contribution >= 4 is 27.2 Å². The van der Waals surface area contributed by atoms with E-state index >= 15 is 0 Å². The summed E-state index contributed by atoms with van der Waals surface area (Å²) in [5.41, 5.74) is 2.90. The van der Waals surface area contributed by atoms with Crippen LogP contribution in [0.4, 0.5) is 5.69 Å². The van der Waals surface area contributed by atoms with Crippen molar-refractivity contribution < 1.29 is 18.0 Å². The number of ketones is 1. The normalized spacial score (nSPS) is 14.8. The van der Waals surface area contributed by atoms with E-state index in [0.717, 1.165) is 17.5 Å². The first kappa shape index (κ1) is 20.1. The Morgan fingerprint density at radius 2 is 1.54 bits per heavy atom. The number of anilines is 1. The number of rotatable bonds is 4. The van der Waals surface area contributed by atoms with Crippen LogP contribution in [0.2, 0.25) is 0 Å². The van der Waals surface area contributed by atoms with Crippen LogP contribution < -0.4 is 4.90 Å². The fourth-order valence-electron chi connectivity index (χ4n) is 3.31. The topological polar surface area (TPSA) is 74.8 Å². The standard InChI is InChI=1S/C21H24N2O4S/c1-15-4-9-19(28(3,26)27)14-20(15)21(25)23-12-10-22(11-13-23)18-7-5-17(6-8-18)16(2)24/h4-9,14H,10-13H2,1-3H3. The first-order chi connectivity index (χ1) is 13.2. The Labute approximate surface area is 165 Å². The maximum atomic E-state index is 12.9. The fraction of sp³-hybridized carbons (Fsp3) is 0.333. The number of hydrogen-bond acceptors (Lipinski definition) is 5. The number of aryl methyl sites for hydroxylation is 1. The highest BCUT2D eigenvalue weighted by Crippen LogP contribution is 2.21. The molecule has 7 heteroatoms. The molecule has 0 N–H and O–H groups in total. The number of sulfone groups is 1. The van der Waals surface area contributed by atoms with E-state index in [4.69, 9.17) is 0 Å². The van der Waals surface area contributed by atoms with Gasteiger partial charge < -0.3 is 9.80 Å². The molecule has 148 valence electrons. The lowest BCUT2D eigenvalue weighted by molar-refractivity contribution is 0.0745. The summed E-state index contributed by atoms with van der Waals surface area (Å²) in [6.07, 6.45) is 1.14. The van der Waals surface area contributed by atoms with Crippen LogP contribution in [0.15, 0.2) is 47.4 Å². The van der Waals surface area contributed by atoms with Crippen LogP contribution in [0.25, 0.3) is 0 Å². The molecule has 0 saturated carbocycles. The molecule has 28 heavy (non-hydrogen) atoms. The van der Waals surface area contributed by atoms with E-state index in [1.165, 1.54) is 12.1 Å². The molecule has 0 spiro atoms. The molecule has 0 unspecified atom stereocenters. The van der Waals surface area contributed by atoms with Gasteiger partial charge in [0.15, 0.2) is 15.6 Å². The molecule has 1 aliphatic heterocycles. The van der Waals surface area contributed by atoms with Gasteiger partial charge in [-0.25, -0.2) is 8.42 Å². The number of benzene rings is 2.